The van der Waals surface area contributed by atoms with Gasteiger partial charge in [0.15, 0.2) is 0 Å². The van der Waals surface area contributed by atoms with E-state index < -0.39 is 17.4 Å². The number of benzene rings is 2. The highest BCUT2D eigenvalue weighted by Crippen LogP contribution is 2.52. The molecule has 0 aromatic heterocycles. The maximum Gasteiger partial charge on any atom is 0.230 e. The average molecular weight is 406 g/mol. The maximum atomic E-state index is 13.3. The Hall–Kier alpha value is -2.99. The number of carbonyl (C=O) groups is 2. The van der Waals surface area contributed by atoms with E-state index in [0.717, 1.165) is 11.1 Å². The number of halogens is 1. The Balaban J connectivity index is 1.31. The summed E-state index contributed by atoms with van der Waals surface area (Å²) in [5.41, 5.74) is 2.31. The molecule has 2 aromatic rings. The number of amides is 2. The fourth-order valence-corrected chi connectivity index (χ4v) is 4.83. The fourth-order valence-electron chi connectivity index (χ4n) is 4.83. The van der Waals surface area contributed by atoms with Crippen LogP contribution in [0.4, 0.5) is 4.39 Å². The van der Waals surface area contributed by atoms with Crippen LogP contribution in [0.3, 0.4) is 0 Å². The summed E-state index contributed by atoms with van der Waals surface area (Å²) in [7, 11) is 0. The molecule has 0 saturated carbocycles. The molecule has 2 bridgehead atoms. The van der Waals surface area contributed by atoms with Gasteiger partial charge in [0.05, 0.1) is 24.5 Å². The lowest BCUT2D eigenvalue weighted by Crippen LogP contribution is -2.43. The Morgan fingerprint density at radius 2 is 1.87 bits per heavy atom. The summed E-state index contributed by atoms with van der Waals surface area (Å²) in [6.07, 6.45) is 3.48. The van der Waals surface area contributed by atoms with Crippen molar-refractivity contribution in [3.63, 3.8) is 0 Å². The third kappa shape index (κ3) is 3.12. The standard InChI is InChI=1S/C24H23FN2O3/c1-15-2-4-17(5-3-15)13-27-14-24-11-10-19(30-24)20(21(24)23(27)29)22(28)26-12-16-6-8-18(25)9-7-16/h2-11,19-21H,12-14H2,1H3,(H,26,28). The van der Waals surface area contributed by atoms with Crippen LogP contribution in [0.15, 0.2) is 60.7 Å². The van der Waals surface area contributed by atoms with E-state index in [1.54, 1.807) is 17.0 Å². The third-order valence-corrected chi connectivity index (χ3v) is 6.36. The number of ether oxygens (including phenoxy) is 1. The van der Waals surface area contributed by atoms with Gasteiger partial charge in [0.2, 0.25) is 11.8 Å². The smallest absolute Gasteiger partial charge is 0.230 e. The molecule has 1 N–H and O–H groups in total. The Bertz CT molecular complexity index is 1020. The first-order chi connectivity index (χ1) is 14.4. The first kappa shape index (κ1) is 19.0. The highest BCUT2D eigenvalue weighted by Gasteiger charge is 2.66. The monoisotopic (exact) mass is 406 g/mol. The number of nitrogens with one attached hydrogen (secondary N) is 1. The molecule has 0 radical (unpaired) electrons. The summed E-state index contributed by atoms with van der Waals surface area (Å²) in [5, 5.41) is 2.90. The van der Waals surface area contributed by atoms with E-state index in [1.807, 2.05) is 43.3 Å². The topological polar surface area (TPSA) is 58.6 Å². The zero-order valence-corrected chi connectivity index (χ0v) is 16.7. The first-order valence-corrected chi connectivity index (χ1v) is 10.2. The molecule has 5 nitrogen and oxygen atoms in total. The molecule has 6 heteroatoms. The second-order valence-electron chi connectivity index (χ2n) is 8.42. The van der Waals surface area contributed by atoms with Crippen molar-refractivity contribution in [2.45, 2.75) is 31.7 Å². The van der Waals surface area contributed by atoms with Crippen LogP contribution in [0.25, 0.3) is 0 Å². The molecule has 2 amide bonds. The Morgan fingerprint density at radius 1 is 1.17 bits per heavy atom. The molecule has 4 atom stereocenters. The van der Waals surface area contributed by atoms with Crippen LogP contribution < -0.4 is 5.32 Å². The molecule has 2 saturated heterocycles. The highest BCUT2D eigenvalue weighted by atomic mass is 19.1. The number of rotatable bonds is 5. The Labute approximate surface area is 174 Å². The normalized spacial score (nSPS) is 28.8. The van der Waals surface area contributed by atoms with Gasteiger partial charge in [-0.25, -0.2) is 4.39 Å². The summed E-state index contributed by atoms with van der Waals surface area (Å²) in [5.74, 6) is -1.61. The summed E-state index contributed by atoms with van der Waals surface area (Å²) in [4.78, 5) is 28.0. The molecule has 2 fully saturated rings. The van der Waals surface area contributed by atoms with E-state index in [0.29, 0.717) is 13.1 Å². The van der Waals surface area contributed by atoms with Gasteiger partial charge in [-0.15, -0.1) is 0 Å². The third-order valence-electron chi connectivity index (χ3n) is 6.36. The fraction of sp³-hybridized carbons (Fsp3) is 0.333. The van der Waals surface area contributed by atoms with Gasteiger partial charge in [-0.05, 0) is 30.2 Å². The van der Waals surface area contributed by atoms with E-state index in [1.165, 1.54) is 17.7 Å². The van der Waals surface area contributed by atoms with Gasteiger partial charge in [-0.2, -0.15) is 0 Å². The number of nitrogens with zero attached hydrogens (tertiary/aromatic N) is 1. The molecule has 3 heterocycles. The van der Waals surface area contributed by atoms with Crippen molar-refractivity contribution in [3.8, 4) is 0 Å². The van der Waals surface area contributed by atoms with Crippen molar-refractivity contribution >= 4 is 11.8 Å². The summed E-state index contributed by atoms with van der Waals surface area (Å²) < 4.78 is 19.2. The number of hydrogen-bond acceptors (Lipinski definition) is 3. The number of carbonyl (C=O) groups excluding carboxylic acids is 2. The molecule has 2 aromatic carbocycles. The molecular weight excluding hydrogens is 383 g/mol. The van der Waals surface area contributed by atoms with Crippen LogP contribution >= 0.6 is 0 Å². The molecule has 3 aliphatic heterocycles. The second kappa shape index (κ2) is 7.06. The van der Waals surface area contributed by atoms with Crippen LogP contribution in [-0.4, -0.2) is 35.0 Å². The lowest BCUT2D eigenvalue weighted by Gasteiger charge is -2.23. The maximum absolute atomic E-state index is 13.3. The quantitative estimate of drug-likeness (QED) is 0.777. The molecule has 3 aliphatic rings. The predicted molar refractivity (Wildman–Crippen MR) is 109 cm³/mol. The molecule has 5 rings (SSSR count). The van der Waals surface area contributed by atoms with Gasteiger partial charge in [-0.1, -0.05) is 54.1 Å². The van der Waals surface area contributed by atoms with E-state index in [4.69, 9.17) is 4.74 Å². The van der Waals surface area contributed by atoms with Crippen molar-refractivity contribution in [3.05, 3.63) is 83.2 Å². The van der Waals surface area contributed by atoms with E-state index in [9.17, 15) is 14.0 Å². The highest BCUT2D eigenvalue weighted by molar-refractivity contribution is 5.93. The predicted octanol–water partition coefficient (Wildman–Crippen LogP) is 2.73. The van der Waals surface area contributed by atoms with Crippen LogP contribution in [0.1, 0.15) is 16.7 Å². The van der Waals surface area contributed by atoms with E-state index in [-0.39, 0.29) is 30.3 Å². The molecule has 4 unspecified atom stereocenters. The van der Waals surface area contributed by atoms with Gasteiger partial charge < -0.3 is 15.0 Å². The SMILES string of the molecule is Cc1ccc(CN2CC34C=CC(O3)C(C(=O)NCc3ccc(F)cc3)C4C2=O)cc1. The van der Waals surface area contributed by atoms with Crippen molar-refractivity contribution in [2.24, 2.45) is 11.8 Å². The summed E-state index contributed by atoms with van der Waals surface area (Å²) >= 11 is 0. The van der Waals surface area contributed by atoms with Crippen LogP contribution in [0.2, 0.25) is 0 Å². The molecular formula is C24H23FN2O3. The average Bonchev–Trinajstić information content (AvgIpc) is 3.37. The van der Waals surface area contributed by atoms with Crippen molar-refractivity contribution in [1.82, 2.24) is 10.2 Å². The van der Waals surface area contributed by atoms with Gasteiger partial charge in [0, 0.05) is 13.1 Å². The largest absolute Gasteiger partial charge is 0.360 e. The van der Waals surface area contributed by atoms with Crippen molar-refractivity contribution in [1.29, 1.82) is 0 Å². The number of aryl methyl sites for hydroxylation is 1. The number of likely N-dealkylation sites (tertiary alicyclic amines) is 1. The minimum Gasteiger partial charge on any atom is -0.360 e. The van der Waals surface area contributed by atoms with Crippen LogP contribution in [-0.2, 0) is 27.4 Å². The Morgan fingerprint density at radius 3 is 2.60 bits per heavy atom. The van der Waals surface area contributed by atoms with Gasteiger partial charge in [0.25, 0.3) is 0 Å². The Kier molecular flexibility index (Phi) is 4.47. The van der Waals surface area contributed by atoms with Crippen LogP contribution in [0.5, 0.6) is 0 Å². The zero-order valence-electron chi connectivity index (χ0n) is 16.7. The van der Waals surface area contributed by atoms with E-state index in [2.05, 4.69) is 5.32 Å². The first-order valence-electron chi connectivity index (χ1n) is 10.2. The van der Waals surface area contributed by atoms with E-state index >= 15 is 0 Å². The van der Waals surface area contributed by atoms with Gasteiger partial charge in [-0.3, -0.25) is 9.59 Å². The van der Waals surface area contributed by atoms with Gasteiger partial charge in [0.1, 0.15) is 11.4 Å². The minimum atomic E-state index is -0.718. The lowest BCUT2D eigenvalue weighted by atomic mass is 9.77. The molecule has 1 spiro atoms. The zero-order chi connectivity index (χ0) is 20.9. The second-order valence-corrected chi connectivity index (χ2v) is 8.42. The van der Waals surface area contributed by atoms with Crippen molar-refractivity contribution < 1.29 is 18.7 Å². The lowest BCUT2D eigenvalue weighted by molar-refractivity contribution is -0.137. The molecule has 0 aliphatic carbocycles. The molecule has 30 heavy (non-hydrogen) atoms. The molecule has 154 valence electrons. The number of fused-ring (bicyclic) bond motifs is 1. The van der Waals surface area contributed by atoms with Crippen LogP contribution in [0, 0.1) is 24.6 Å². The minimum absolute atomic E-state index is 0.0376. The number of hydrogen-bond donors (Lipinski definition) is 1. The summed E-state index contributed by atoms with van der Waals surface area (Å²) in [6, 6.07) is 14.1. The summed E-state index contributed by atoms with van der Waals surface area (Å²) in [6.45, 7) is 3.27. The van der Waals surface area contributed by atoms with Crippen molar-refractivity contribution in [2.75, 3.05) is 6.54 Å². The van der Waals surface area contributed by atoms with Gasteiger partial charge >= 0.3 is 0 Å².